The Labute approximate surface area is 190 Å². The fourth-order valence-corrected chi connectivity index (χ4v) is 3.89. The lowest BCUT2D eigenvalue weighted by atomic mass is 9.89. The summed E-state index contributed by atoms with van der Waals surface area (Å²) in [7, 11) is 1.64. The van der Waals surface area contributed by atoms with Crippen molar-refractivity contribution in [2.45, 2.75) is 60.0 Å². The molecule has 0 bridgehead atoms. The van der Waals surface area contributed by atoms with Crippen LogP contribution in [0.2, 0.25) is 0 Å². The molecule has 0 radical (unpaired) electrons. The van der Waals surface area contributed by atoms with Crippen molar-refractivity contribution < 1.29 is 24.5 Å². The maximum absolute atomic E-state index is 13.1. The van der Waals surface area contributed by atoms with Gasteiger partial charge in [-0.1, -0.05) is 29.4 Å². The third kappa shape index (κ3) is 4.67. The van der Waals surface area contributed by atoms with Crippen molar-refractivity contribution in [3.05, 3.63) is 69.3 Å². The average Bonchev–Trinajstić information content (AvgIpc) is 2.75. The minimum atomic E-state index is -0.515. The van der Waals surface area contributed by atoms with Crippen LogP contribution in [0.1, 0.15) is 72.8 Å². The summed E-state index contributed by atoms with van der Waals surface area (Å²) < 4.78 is 11.8. The number of ketones is 1. The van der Waals surface area contributed by atoms with E-state index in [1.165, 1.54) is 5.57 Å². The monoisotopic (exact) mass is 436 g/mol. The first kappa shape index (κ1) is 23.5. The fourth-order valence-electron chi connectivity index (χ4n) is 3.89. The molecule has 1 aliphatic heterocycles. The van der Waals surface area contributed by atoms with E-state index in [0.717, 1.165) is 22.4 Å². The van der Waals surface area contributed by atoms with Crippen molar-refractivity contribution in [3.8, 4) is 23.0 Å². The van der Waals surface area contributed by atoms with Crippen LogP contribution in [0.3, 0.4) is 0 Å². The Morgan fingerprint density at radius 3 is 2.38 bits per heavy atom. The van der Waals surface area contributed by atoms with Gasteiger partial charge in [-0.2, -0.15) is 0 Å². The lowest BCUT2D eigenvalue weighted by molar-refractivity contribution is 0.0842. The largest absolute Gasteiger partial charge is 0.507 e. The third-order valence-corrected chi connectivity index (χ3v) is 5.76. The van der Waals surface area contributed by atoms with Crippen molar-refractivity contribution in [2.24, 2.45) is 0 Å². The number of phenols is 2. The topological polar surface area (TPSA) is 76.0 Å². The molecule has 32 heavy (non-hydrogen) atoms. The molecule has 0 aromatic heterocycles. The van der Waals surface area contributed by atoms with Gasteiger partial charge in [-0.15, -0.1) is 0 Å². The van der Waals surface area contributed by atoms with E-state index < -0.39 is 6.10 Å². The standard InChI is InChI=1S/C27H32O5/c1-15(2)7-9-18-13-19(10-12-22(18)31-6)23-14-21(28)24-26(30)17(5)25(29)20(27(24)32-23)11-8-16(3)4/h7-8,10,12-13,23,29-30H,9,11,14H2,1-6H3/t23-/m0/s1. The lowest BCUT2D eigenvalue weighted by Gasteiger charge is -2.29. The molecule has 1 heterocycles. The fraction of sp³-hybridized carbons (Fsp3) is 0.370. The Hall–Kier alpha value is -3.21. The number of ether oxygens (including phenoxy) is 2. The molecule has 2 N–H and O–H groups in total. The molecular formula is C27H32O5. The van der Waals surface area contributed by atoms with Crippen molar-refractivity contribution in [1.29, 1.82) is 0 Å². The number of hydrogen-bond donors (Lipinski definition) is 2. The molecule has 1 atom stereocenters. The number of aromatic hydroxyl groups is 2. The van der Waals surface area contributed by atoms with Gasteiger partial charge < -0.3 is 19.7 Å². The van der Waals surface area contributed by atoms with Gasteiger partial charge in [-0.3, -0.25) is 4.79 Å². The molecule has 0 amide bonds. The molecule has 0 fully saturated rings. The first-order valence-electron chi connectivity index (χ1n) is 10.8. The predicted octanol–water partition coefficient (Wildman–Crippen LogP) is 6.14. The highest BCUT2D eigenvalue weighted by molar-refractivity contribution is 6.04. The third-order valence-electron chi connectivity index (χ3n) is 5.76. The molecule has 5 nitrogen and oxygen atoms in total. The van der Waals surface area contributed by atoms with E-state index in [-0.39, 0.29) is 35.0 Å². The van der Waals surface area contributed by atoms with Crippen LogP contribution in [0.5, 0.6) is 23.0 Å². The van der Waals surface area contributed by atoms with E-state index >= 15 is 0 Å². The second-order valence-corrected chi connectivity index (χ2v) is 8.78. The summed E-state index contributed by atoms with van der Waals surface area (Å²) in [5, 5.41) is 21.3. The highest BCUT2D eigenvalue weighted by Crippen LogP contribution is 2.48. The Kier molecular flexibility index (Phi) is 6.97. The van der Waals surface area contributed by atoms with Crippen LogP contribution >= 0.6 is 0 Å². The Bertz CT molecular complexity index is 1100. The molecule has 0 unspecified atom stereocenters. The highest BCUT2D eigenvalue weighted by Gasteiger charge is 2.35. The Morgan fingerprint density at radius 1 is 1.09 bits per heavy atom. The van der Waals surface area contributed by atoms with Crippen LogP contribution in [-0.4, -0.2) is 23.1 Å². The second kappa shape index (κ2) is 9.51. The lowest BCUT2D eigenvalue weighted by Crippen LogP contribution is -2.22. The first-order valence-corrected chi connectivity index (χ1v) is 10.8. The van der Waals surface area contributed by atoms with Crippen LogP contribution in [0.15, 0.2) is 41.5 Å². The molecular weight excluding hydrogens is 404 g/mol. The number of benzene rings is 2. The minimum Gasteiger partial charge on any atom is -0.507 e. The van der Waals surface area contributed by atoms with E-state index in [1.54, 1.807) is 14.0 Å². The van der Waals surface area contributed by atoms with Crippen LogP contribution < -0.4 is 9.47 Å². The van der Waals surface area contributed by atoms with Crippen LogP contribution in [0.4, 0.5) is 0 Å². The number of allylic oxidation sites excluding steroid dienone is 4. The maximum atomic E-state index is 13.1. The van der Waals surface area contributed by atoms with Gasteiger partial charge in [0.2, 0.25) is 0 Å². The summed E-state index contributed by atoms with van der Waals surface area (Å²) in [6.07, 6.45) is 4.81. The van der Waals surface area contributed by atoms with Crippen molar-refractivity contribution in [2.75, 3.05) is 7.11 Å². The van der Waals surface area contributed by atoms with Gasteiger partial charge in [-0.05, 0) is 70.7 Å². The summed E-state index contributed by atoms with van der Waals surface area (Å²) >= 11 is 0. The van der Waals surface area contributed by atoms with Gasteiger partial charge in [0.1, 0.15) is 34.7 Å². The number of phenolic OH excluding ortho intramolecular Hbond substituents is 2. The summed E-state index contributed by atoms with van der Waals surface area (Å²) in [6, 6.07) is 5.80. The number of carbonyl (C=O) groups excluding carboxylic acids is 1. The number of rotatable bonds is 6. The van der Waals surface area contributed by atoms with Crippen LogP contribution in [0, 0.1) is 6.92 Å². The zero-order valence-electron chi connectivity index (χ0n) is 19.7. The van der Waals surface area contributed by atoms with E-state index in [9.17, 15) is 15.0 Å². The quantitative estimate of drug-likeness (QED) is 0.532. The van der Waals surface area contributed by atoms with Gasteiger partial charge in [0.25, 0.3) is 0 Å². The van der Waals surface area contributed by atoms with Crippen molar-refractivity contribution >= 4 is 5.78 Å². The zero-order valence-corrected chi connectivity index (χ0v) is 19.7. The Balaban J connectivity index is 2.08. The summed E-state index contributed by atoms with van der Waals surface area (Å²) in [5.74, 6) is 0.610. The van der Waals surface area contributed by atoms with Crippen LogP contribution in [0.25, 0.3) is 0 Å². The molecule has 3 rings (SSSR count). The molecule has 2 aromatic rings. The molecule has 1 aliphatic rings. The molecule has 170 valence electrons. The van der Waals surface area contributed by atoms with E-state index in [0.29, 0.717) is 24.0 Å². The van der Waals surface area contributed by atoms with Gasteiger partial charge in [0.15, 0.2) is 5.78 Å². The number of fused-ring (bicyclic) bond motifs is 1. The molecule has 2 aromatic carbocycles. The second-order valence-electron chi connectivity index (χ2n) is 8.78. The van der Waals surface area contributed by atoms with Gasteiger partial charge in [-0.25, -0.2) is 0 Å². The molecule has 0 aliphatic carbocycles. The first-order chi connectivity index (χ1) is 15.1. The summed E-state index contributed by atoms with van der Waals surface area (Å²) in [5.41, 5.74) is 5.13. The van der Waals surface area contributed by atoms with Gasteiger partial charge in [0.05, 0.1) is 13.5 Å². The van der Waals surface area contributed by atoms with E-state index in [4.69, 9.17) is 9.47 Å². The summed E-state index contributed by atoms with van der Waals surface area (Å²) in [6.45, 7) is 9.64. The van der Waals surface area contributed by atoms with E-state index in [1.807, 2.05) is 52.0 Å². The number of Topliss-reactive ketones (excluding diaryl/α,β-unsaturated/α-hetero) is 1. The van der Waals surface area contributed by atoms with E-state index in [2.05, 4.69) is 6.08 Å². The number of hydrogen-bond acceptors (Lipinski definition) is 5. The molecule has 0 spiro atoms. The smallest absolute Gasteiger partial charge is 0.174 e. The Morgan fingerprint density at radius 2 is 1.75 bits per heavy atom. The molecule has 0 saturated heterocycles. The average molecular weight is 437 g/mol. The number of methoxy groups -OCH3 is 1. The van der Waals surface area contributed by atoms with Crippen molar-refractivity contribution in [1.82, 2.24) is 0 Å². The summed E-state index contributed by atoms with van der Waals surface area (Å²) in [4.78, 5) is 13.1. The number of carbonyl (C=O) groups is 1. The maximum Gasteiger partial charge on any atom is 0.174 e. The highest BCUT2D eigenvalue weighted by atomic mass is 16.5. The SMILES string of the molecule is COc1ccc([C@@H]2CC(=O)c3c(O)c(C)c(O)c(CC=C(C)C)c3O2)cc1CC=C(C)C. The van der Waals surface area contributed by atoms with Crippen LogP contribution in [-0.2, 0) is 12.8 Å². The molecule has 5 heteroatoms. The minimum absolute atomic E-state index is 0.0359. The zero-order chi connectivity index (χ0) is 23.6. The molecule has 0 saturated carbocycles. The predicted molar refractivity (Wildman–Crippen MR) is 126 cm³/mol. The van der Waals surface area contributed by atoms with Crippen molar-refractivity contribution in [3.63, 3.8) is 0 Å². The van der Waals surface area contributed by atoms with Gasteiger partial charge in [0, 0.05) is 11.1 Å². The van der Waals surface area contributed by atoms with Gasteiger partial charge >= 0.3 is 0 Å². The normalized spacial score (nSPS) is 14.9.